The summed E-state index contributed by atoms with van der Waals surface area (Å²) in [5.74, 6) is -0.692. The number of rotatable bonds is 8. The normalized spacial score (nSPS) is 19.8. The third kappa shape index (κ3) is 10.1. The smallest absolute Gasteiger partial charge is 0.652 e. The largest absolute Gasteiger partial charge is 1.00 e. The molecule has 1 aliphatic heterocycles. The molecule has 1 saturated heterocycles. The van der Waals surface area contributed by atoms with Crippen LogP contribution in [-0.2, 0) is 13.9 Å². The minimum atomic E-state index is -2.88. The van der Waals surface area contributed by atoms with Crippen molar-refractivity contribution in [2.45, 2.75) is 63.9 Å². The number of nitro benzene ring substituents is 1. The molecule has 1 N–H and O–H groups in total. The van der Waals surface area contributed by atoms with Crippen molar-refractivity contribution in [1.29, 1.82) is 5.26 Å². The van der Waals surface area contributed by atoms with Crippen LogP contribution in [0.3, 0.4) is 0 Å². The topological polar surface area (TPSA) is 170 Å². The number of carbonyl (C=O) groups is 1. The van der Waals surface area contributed by atoms with Gasteiger partial charge in [-0.25, -0.2) is 0 Å². The van der Waals surface area contributed by atoms with Crippen LogP contribution in [0.2, 0.25) is 5.04 Å². The summed E-state index contributed by atoms with van der Waals surface area (Å²) in [5.41, 5.74) is 0.231. The molecule has 2 aliphatic rings. The molecule has 14 heteroatoms. The summed E-state index contributed by atoms with van der Waals surface area (Å²) < 4.78 is 20.1. The summed E-state index contributed by atoms with van der Waals surface area (Å²) in [6.45, 7) is 10.5. The van der Waals surface area contributed by atoms with Crippen molar-refractivity contribution in [3.8, 4) is 6.07 Å². The van der Waals surface area contributed by atoms with E-state index in [0.717, 1.165) is 6.42 Å². The van der Waals surface area contributed by atoms with Gasteiger partial charge in [0.15, 0.2) is 5.79 Å². The van der Waals surface area contributed by atoms with E-state index >= 15 is 0 Å². The molecule has 1 heterocycles. The van der Waals surface area contributed by atoms with E-state index in [1.54, 1.807) is 0 Å². The first-order chi connectivity index (χ1) is 21.8. The Kier molecular flexibility index (Phi) is 16.6. The van der Waals surface area contributed by atoms with E-state index in [9.17, 15) is 15.4 Å². The Labute approximate surface area is 367 Å². The van der Waals surface area contributed by atoms with Gasteiger partial charge in [0.25, 0.3) is 14.0 Å². The molecule has 11 nitrogen and oxygen atoms in total. The summed E-state index contributed by atoms with van der Waals surface area (Å²) in [6, 6.07) is 27.6. The van der Waals surface area contributed by atoms with Gasteiger partial charge >= 0.3 is 103 Å². The maximum absolute atomic E-state index is 11.5. The molecule has 0 unspecified atom stereocenters. The molecule has 1 aliphatic carbocycles. The van der Waals surface area contributed by atoms with E-state index in [4.69, 9.17) is 28.9 Å². The monoisotopic (exact) mass is 723 g/mol. The predicted octanol–water partition coefficient (Wildman–Crippen LogP) is -2.68. The zero-order chi connectivity index (χ0) is 33.6. The molecular formula is C34H39K2N3O8Si. The molecule has 48 heavy (non-hydrogen) atoms. The average molecular weight is 724 g/mol. The second-order valence-electron chi connectivity index (χ2n) is 12.9. The summed E-state index contributed by atoms with van der Waals surface area (Å²) >= 11 is 0. The van der Waals surface area contributed by atoms with Crippen LogP contribution >= 0.6 is 0 Å². The molecule has 0 bridgehead atoms. The second-order valence-corrected chi connectivity index (χ2v) is 17.2. The number of carbonyl (C=O) groups excluding carboxylic acids is 1. The van der Waals surface area contributed by atoms with Gasteiger partial charge in [0.1, 0.15) is 6.07 Å². The molecule has 0 aromatic heterocycles. The Bertz CT molecular complexity index is 1520. The summed E-state index contributed by atoms with van der Waals surface area (Å²) in [7, 11) is -2.88. The van der Waals surface area contributed by atoms with E-state index in [0.29, 0.717) is 43.9 Å². The molecule has 244 valence electrons. The molecule has 5 rings (SSSR count). The van der Waals surface area contributed by atoms with Crippen LogP contribution in [0, 0.1) is 26.9 Å². The van der Waals surface area contributed by atoms with Crippen molar-refractivity contribution in [3.63, 3.8) is 0 Å². The average Bonchev–Trinajstić information content (AvgIpc) is 3.47. The molecule has 1 spiro atoms. The molecule has 2 fully saturated rings. The van der Waals surface area contributed by atoms with E-state index in [1.165, 1.54) is 28.6 Å². The van der Waals surface area contributed by atoms with Crippen LogP contribution in [-0.4, -0.2) is 51.0 Å². The standard InChI is InChI=1S/C33H39N3O5Si.CH2O3.2K/c1-31(2,3)42(27-11-7-5-8-12-27,28-13-9-6-10-14-28)41-30-17-18-33(39-19-20-40-33)23-32(30,4)24-35-29-21-26(36(37)38)16-15-25(29)22-34;2-1(3)4;;/h5-16,21,30,35H,17-20,23-24H2,1-4H3;(H2,2,3,4);;/q;;2*+1/p-2/t30-,32+;;;/m1.../s1. The van der Waals surface area contributed by atoms with Gasteiger partial charge in [0, 0.05) is 36.9 Å². The number of nitro groups is 1. The Morgan fingerprint density at radius 2 is 1.54 bits per heavy atom. The molecule has 3 aromatic rings. The number of nitriles is 1. The van der Waals surface area contributed by atoms with Gasteiger partial charge in [-0.2, -0.15) is 5.26 Å². The third-order valence-corrected chi connectivity index (χ3v) is 13.8. The minimum absolute atomic E-state index is 0. The predicted molar refractivity (Wildman–Crippen MR) is 171 cm³/mol. The van der Waals surface area contributed by atoms with Crippen LogP contribution in [0.25, 0.3) is 0 Å². The molecule has 3 aromatic carbocycles. The molecular weight excluding hydrogens is 685 g/mol. The number of non-ortho nitro benzene ring substituents is 1. The van der Waals surface area contributed by atoms with Crippen molar-refractivity contribution in [1.82, 2.24) is 0 Å². The van der Waals surface area contributed by atoms with Crippen molar-refractivity contribution in [3.05, 3.63) is 94.5 Å². The van der Waals surface area contributed by atoms with Crippen molar-refractivity contribution >= 4 is 36.2 Å². The zero-order valence-electron chi connectivity index (χ0n) is 28.5. The number of benzene rings is 3. The van der Waals surface area contributed by atoms with E-state index < -0.39 is 30.6 Å². The van der Waals surface area contributed by atoms with E-state index in [-0.39, 0.29) is 120 Å². The molecule has 2 atom stereocenters. The van der Waals surface area contributed by atoms with Crippen LogP contribution in [0.5, 0.6) is 0 Å². The Morgan fingerprint density at radius 1 is 1.02 bits per heavy atom. The third-order valence-electron chi connectivity index (χ3n) is 8.80. The number of ether oxygens (including phenoxy) is 2. The number of carboxylic acid groups (broad SMARTS) is 2. The van der Waals surface area contributed by atoms with Crippen molar-refractivity contribution < 1.29 is 137 Å². The van der Waals surface area contributed by atoms with Crippen LogP contribution in [0.15, 0.2) is 78.9 Å². The fourth-order valence-electron chi connectivity index (χ4n) is 6.73. The summed E-state index contributed by atoms with van der Waals surface area (Å²) in [5, 5.41) is 43.5. The van der Waals surface area contributed by atoms with Gasteiger partial charge in [-0.1, -0.05) is 88.4 Å². The minimum Gasteiger partial charge on any atom is -0.652 e. The second kappa shape index (κ2) is 18.5. The molecule has 0 radical (unpaired) electrons. The van der Waals surface area contributed by atoms with Gasteiger partial charge in [-0.05, 0) is 34.1 Å². The fourth-order valence-corrected chi connectivity index (χ4v) is 11.6. The first-order valence-electron chi connectivity index (χ1n) is 15.1. The Balaban J connectivity index is 0.00000126. The Morgan fingerprint density at radius 3 is 2.00 bits per heavy atom. The van der Waals surface area contributed by atoms with Crippen molar-refractivity contribution in [2.24, 2.45) is 5.41 Å². The van der Waals surface area contributed by atoms with Gasteiger partial charge < -0.3 is 34.2 Å². The van der Waals surface area contributed by atoms with Crippen molar-refractivity contribution in [2.75, 3.05) is 25.1 Å². The number of hydrogen-bond acceptors (Lipinski definition) is 10. The maximum Gasteiger partial charge on any atom is 1.00 e. The quantitative estimate of drug-likeness (QED) is 0.147. The van der Waals surface area contributed by atoms with E-state index in [1.807, 2.05) is 12.1 Å². The van der Waals surface area contributed by atoms with E-state index in [2.05, 4.69) is 87.6 Å². The number of hydrogen-bond donors (Lipinski definition) is 1. The van der Waals surface area contributed by atoms with Crippen LogP contribution in [0.4, 0.5) is 16.2 Å². The van der Waals surface area contributed by atoms with Gasteiger partial charge in [-0.3, -0.25) is 10.1 Å². The first-order valence-corrected chi connectivity index (χ1v) is 17.0. The van der Waals surface area contributed by atoms with Gasteiger partial charge in [0.05, 0.1) is 35.5 Å². The van der Waals surface area contributed by atoms with Gasteiger partial charge in [0.2, 0.25) is 0 Å². The van der Waals surface area contributed by atoms with Gasteiger partial charge in [-0.15, -0.1) is 0 Å². The maximum atomic E-state index is 11.5. The molecule has 1 saturated carbocycles. The Hall–Kier alpha value is -1.01. The molecule has 0 amide bonds. The number of nitrogens with one attached hydrogen (secondary N) is 1. The van der Waals surface area contributed by atoms with Crippen LogP contribution < -0.4 is 129 Å². The zero-order valence-corrected chi connectivity index (χ0v) is 35.7. The first kappa shape index (κ1) is 43.2. The summed E-state index contributed by atoms with van der Waals surface area (Å²) in [6.07, 6.45) is -0.486. The fraction of sp³-hybridized carbons (Fsp3) is 0.412. The summed E-state index contributed by atoms with van der Waals surface area (Å²) in [4.78, 5) is 19.4. The number of nitrogens with zero attached hydrogens (tertiary/aromatic N) is 2. The number of anilines is 1. The van der Waals surface area contributed by atoms with Crippen LogP contribution in [0.1, 0.15) is 52.5 Å². The SMILES string of the molecule is CC(C)(C)[Si](O[C@@H]1CCC2(C[C@@]1(C)CNc1cc([N+](=O)[O-])ccc1C#N)OCCO2)(c1ccccc1)c1ccccc1.O=C([O-])[O-].[K+].[K+].